The van der Waals surface area contributed by atoms with Gasteiger partial charge in [-0.05, 0) is 38.2 Å². The summed E-state index contributed by atoms with van der Waals surface area (Å²) in [6.07, 6.45) is 0. The number of ether oxygens (including phenoxy) is 1. The van der Waals surface area contributed by atoms with Gasteiger partial charge in [-0.2, -0.15) is 0 Å². The molecule has 1 amide bonds. The van der Waals surface area contributed by atoms with Crippen molar-refractivity contribution >= 4 is 34.7 Å². The number of likely N-dealkylation sites (N-methyl/N-ethyl adjacent to an activating group) is 1. The third-order valence-corrected chi connectivity index (χ3v) is 4.17. The second kappa shape index (κ2) is 5.17. The molecule has 0 atom stereocenters. The molecule has 0 radical (unpaired) electrons. The second-order valence-corrected chi connectivity index (χ2v) is 5.40. The van der Waals surface area contributed by atoms with Gasteiger partial charge in [0.05, 0.1) is 11.4 Å². The summed E-state index contributed by atoms with van der Waals surface area (Å²) in [5.74, 6) is 0.823. The predicted molar refractivity (Wildman–Crippen MR) is 87.6 cm³/mol. The van der Waals surface area contributed by atoms with Crippen molar-refractivity contribution in [1.29, 1.82) is 0 Å². The highest BCUT2D eigenvalue weighted by Gasteiger charge is 2.41. The summed E-state index contributed by atoms with van der Waals surface area (Å²) >= 11 is 5.12. The van der Waals surface area contributed by atoms with E-state index in [1.54, 1.807) is 12.1 Å². The molecule has 1 aromatic carbocycles. The van der Waals surface area contributed by atoms with E-state index in [9.17, 15) is 9.90 Å². The van der Waals surface area contributed by atoms with Gasteiger partial charge in [0.1, 0.15) is 5.75 Å². The molecule has 0 bridgehead atoms. The van der Waals surface area contributed by atoms with Gasteiger partial charge < -0.3 is 19.6 Å². The molecule has 1 fully saturated rings. The number of benzene rings is 1. The molecule has 3 rings (SSSR count). The summed E-state index contributed by atoms with van der Waals surface area (Å²) in [6.45, 7) is 4.93. The van der Waals surface area contributed by atoms with Crippen LogP contribution in [0.4, 0.5) is 11.4 Å². The maximum atomic E-state index is 12.5. The fourth-order valence-electron chi connectivity index (χ4n) is 2.82. The number of amides is 1. The van der Waals surface area contributed by atoms with Crippen molar-refractivity contribution in [2.24, 2.45) is 0 Å². The maximum absolute atomic E-state index is 12.5. The Morgan fingerprint density at radius 2 is 1.86 bits per heavy atom. The first-order chi connectivity index (χ1) is 10.5. The van der Waals surface area contributed by atoms with E-state index in [1.807, 2.05) is 36.8 Å². The van der Waals surface area contributed by atoms with Gasteiger partial charge >= 0.3 is 5.91 Å². The van der Waals surface area contributed by atoms with Crippen molar-refractivity contribution in [3.63, 3.8) is 0 Å². The van der Waals surface area contributed by atoms with E-state index < -0.39 is 0 Å². The van der Waals surface area contributed by atoms with E-state index in [1.165, 1.54) is 4.90 Å². The first-order valence-electron chi connectivity index (χ1n) is 7.11. The van der Waals surface area contributed by atoms with Crippen LogP contribution >= 0.6 is 12.2 Å². The molecule has 116 valence electrons. The molecule has 2 aliphatic rings. The van der Waals surface area contributed by atoms with Crippen LogP contribution in [0.15, 0.2) is 29.8 Å². The first kappa shape index (κ1) is 14.6. The normalized spacial score (nSPS) is 20.8. The number of rotatable bonds is 2. The number of hydrogen-bond donors (Lipinski definition) is 1. The van der Waals surface area contributed by atoms with Crippen LogP contribution in [0.25, 0.3) is 0 Å². The molecule has 1 N–H and O–H groups in total. The second-order valence-electron chi connectivity index (χ2n) is 5.05. The number of carbonyl (C=O) groups is 1. The Hall–Kier alpha value is -2.28. The largest absolute Gasteiger partial charge is 0.508 e. The zero-order valence-electron chi connectivity index (χ0n) is 12.7. The molecule has 0 saturated carbocycles. The Balaban J connectivity index is 2.14. The van der Waals surface area contributed by atoms with Crippen LogP contribution in [-0.4, -0.2) is 41.2 Å². The summed E-state index contributed by atoms with van der Waals surface area (Å²) < 4.78 is 5.57. The lowest BCUT2D eigenvalue weighted by molar-refractivity contribution is -0.122. The van der Waals surface area contributed by atoms with Gasteiger partial charge in [-0.25, -0.2) is 0 Å². The molecule has 2 aliphatic heterocycles. The van der Waals surface area contributed by atoms with E-state index in [0.717, 1.165) is 11.4 Å². The van der Waals surface area contributed by atoms with E-state index in [2.05, 4.69) is 0 Å². The Morgan fingerprint density at radius 1 is 1.18 bits per heavy atom. The average Bonchev–Trinajstić information content (AvgIpc) is 2.92. The monoisotopic (exact) mass is 319 g/mol. The highest BCUT2D eigenvalue weighted by Crippen LogP contribution is 2.44. The van der Waals surface area contributed by atoms with Crippen LogP contribution in [0.3, 0.4) is 0 Å². The lowest BCUT2D eigenvalue weighted by atomic mass is 10.2. The Labute approximate surface area is 134 Å². The summed E-state index contributed by atoms with van der Waals surface area (Å²) in [4.78, 5) is 17.8. The van der Waals surface area contributed by atoms with Crippen molar-refractivity contribution in [2.75, 3.05) is 29.9 Å². The minimum Gasteiger partial charge on any atom is -0.508 e. The molecule has 0 unspecified atom stereocenters. The fraction of sp³-hybridized carbons (Fsp3) is 0.333. The van der Waals surface area contributed by atoms with Crippen molar-refractivity contribution < 1.29 is 14.6 Å². The number of fused-ring (bicyclic) bond motifs is 1. The minimum atomic E-state index is -0.232. The van der Waals surface area contributed by atoms with E-state index in [4.69, 9.17) is 17.0 Å². The standard InChI is InChI=1S/C15H17N3O3S/c1-4-17-11-8-9(19)6-7-10(11)16(3)13(17)12-14(20)18(5-2)15(22)21-12/h6-8,19H,4-5H2,1-3H3. The van der Waals surface area contributed by atoms with Gasteiger partial charge in [0.15, 0.2) is 5.82 Å². The molecule has 0 aromatic heterocycles. The molecular weight excluding hydrogens is 302 g/mol. The Kier molecular flexibility index (Phi) is 3.44. The summed E-state index contributed by atoms with van der Waals surface area (Å²) in [5.41, 5.74) is 1.74. The summed E-state index contributed by atoms with van der Waals surface area (Å²) in [5, 5.41) is 9.91. The Morgan fingerprint density at radius 3 is 2.45 bits per heavy atom. The van der Waals surface area contributed by atoms with Crippen LogP contribution in [0.2, 0.25) is 0 Å². The quantitative estimate of drug-likeness (QED) is 0.665. The number of carbonyl (C=O) groups excluding carboxylic acids is 1. The molecule has 2 heterocycles. The smallest absolute Gasteiger partial charge is 0.300 e. The van der Waals surface area contributed by atoms with Crippen LogP contribution < -0.4 is 9.80 Å². The molecule has 22 heavy (non-hydrogen) atoms. The molecule has 1 saturated heterocycles. The maximum Gasteiger partial charge on any atom is 0.300 e. The minimum absolute atomic E-state index is 0.179. The molecular formula is C15H17N3O3S. The number of thiocarbonyl (C=S) groups is 1. The predicted octanol–water partition coefficient (Wildman–Crippen LogP) is 2.00. The molecule has 6 nitrogen and oxygen atoms in total. The third-order valence-electron chi connectivity index (χ3n) is 3.87. The van der Waals surface area contributed by atoms with Crippen LogP contribution in [-0.2, 0) is 9.53 Å². The van der Waals surface area contributed by atoms with Crippen LogP contribution in [0, 0.1) is 0 Å². The number of phenolic OH excluding ortho intramolecular Hbond substituents is 1. The highest BCUT2D eigenvalue weighted by molar-refractivity contribution is 7.80. The molecule has 7 heteroatoms. The molecule has 1 aromatic rings. The highest BCUT2D eigenvalue weighted by atomic mass is 32.1. The van der Waals surface area contributed by atoms with Gasteiger partial charge in [0.2, 0.25) is 5.76 Å². The van der Waals surface area contributed by atoms with E-state index in [0.29, 0.717) is 18.9 Å². The number of nitrogens with zero attached hydrogens (tertiary/aromatic N) is 3. The first-order valence-corrected chi connectivity index (χ1v) is 7.52. The van der Waals surface area contributed by atoms with Crippen molar-refractivity contribution in [3.05, 3.63) is 29.8 Å². The number of phenols is 1. The average molecular weight is 319 g/mol. The molecule has 0 spiro atoms. The van der Waals surface area contributed by atoms with E-state index >= 15 is 0 Å². The summed E-state index contributed by atoms with van der Waals surface area (Å²) in [6, 6.07) is 5.12. The van der Waals surface area contributed by atoms with Gasteiger partial charge in [0.25, 0.3) is 5.17 Å². The zero-order chi connectivity index (χ0) is 16.0. The number of anilines is 2. The van der Waals surface area contributed by atoms with Gasteiger partial charge in [0, 0.05) is 26.2 Å². The third kappa shape index (κ3) is 1.93. The lowest BCUT2D eigenvalue weighted by Crippen LogP contribution is -2.31. The van der Waals surface area contributed by atoms with Gasteiger partial charge in [-0.3, -0.25) is 9.69 Å². The summed E-state index contributed by atoms with van der Waals surface area (Å²) in [7, 11) is 1.86. The van der Waals surface area contributed by atoms with Crippen LogP contribution in [0.5, 0.6) is 5.75 Å². The van der Waals surface area contributed by atoms with Gasteiger partial charge in [-0.15, -0.1) is 0 Å². The Bertz CT molecular complexity index is 701. The molecule has 0 aliphatic carbocycles. The zero-order valence-corrected chi connectivity index (χ0v) is 13.5. The van der Waals surface area contributed by atoms with Crippen molar-refractivity contribution in [1.82, 2.24) is 4.90 Å². The SMILES string of the molecule is CCN1C(=O)C(=C2N(C)c3ccc(O)cc3N2CC)OC1=S. The van der Waals surface area contributed by atoms with Crippen molar-refractivity contribution in [3.8, 4) is 5.75 Å². The fourth-order valence-corrected chi connectivity index (χ4v) is 3.12. The van der Waals surface area contributed by atoms with Crippen molar-refractivity contribution in [2.45, 2.75) is 13.8 Å². The number of aromatic hydroxyl groups is 1. The van der Waals surface area contributed by atoms with Crippen LogP contribution in [0.1, 0.15) is 13.8 Å². The number of hydrogen-bond acceptors (Lipinski definition) is 6. The lowest BCUT2D eigenvalue weighted by Gasteiger charge is -2.21. The van der Waals surface area contributed by atoms with E-state index in [-0.39, 0.29) is 22.6 Å². The topological polar surface area (TPSA) is 56.2 Å². The van der Waals surface area contributed by atoms with Gasteiger partial charge in [-0.1, -0.05) is 0 Å².